The molecule has 0 aromatic rings. The molecule has 0 amide bonds. The summed E-state index contributed by atoms with van der Waals surface area (Å²) in [6.07, 6.45) is 2.72. The van der Waals surface area contributed by atoms with Gasteiger partial charge in [-0.25, -0.2) is 4.21 Å². The summed E-state index contributed by atoms with van der Waals surface area (Å²) < 4.78 is 18.6. The van der Waals surface area contributed by atoms with Crippen LogP contribution in [0.3, 0.4) is 0 Å². The molecule has 3 nitrogen and oxygen atoms in total. The van der Waals surface area contributed by atoms with E-state index in [1.165, 1.54) is 0 Å². The molecule has 1 unspecified atom stereocenters. The smallest absolute Gasteiger partial charge is 0.152 e. The molecule has 1 saturated carbocycles. The number of hydrogen-bond acceptors (Lipinski definition) is 2. The Morgan fingerprint density at radius 1 is 1.50 bits per heavy atom. The molecule has 0 spiro atoms. The third-order valence-electron chi connectivity index (χ3n) is 2.10. The van der Waals surface area contributed by atoms with E-state index in [1.54, 1.807) is 0 Å². The van der Waals surface area contributed by atoms with Gasteiger partial charge in [0.15, 0.2) is 11.1 Å². The van der Waals surface area contributed by atoms with E-state index in [-0.39, 0.29) is 12.0 Å². The standard InChI is InChI=1S/C6H12O3S/c7-5-6(1-2-6)3-4-10(8)9/h7H,1-5H2,(H,8,9). The van der Waals surface area contributed by atoms with E-state index < -0.39 is 11.1 Å². The number of rotatable bonds is 4. The molecular formula is C6H12O3S. The minimum Gasteiger partial charge on any atom is -0.396 e. The molecule has 0 aromatic heterocycles. The van der Waals surface area contributed by atoms with Crippen LogP contribution in [0.2, 0.25) is 0 Å². The maximum atomic E-state index is 10.2. The fourth-order valence-corrected chi connectivity index (χ4v) is 1.58. The second-order valence-electron chi connectivity index (χ2n) is 2.93. The first-order valence-corrected chi connectivity index (χ1v) is 4.64. The van der Waals surface area contributed by atoms with Crippen molar-refractivity contribution in [2.45, 2.75) is 19.3 Å². The van der Waals surface area contributed by atoms with Gasteiger partial charge in [-0.3, -0.25) is 0 Å². The van der Waals surface area contributed by atoms with Gasteiger partial charge in [0.2, 0.25) is 0 Å². The van der Waals surface area contributed by atoms with Gasteiger partial charge >= 0.3 is 0 Å². The van der Waals surface area contributed by atoms with Crippen molar-refractivity contribution in [1.82, 2.24) is 0 Å². The fourth-order valence-electron chi connectivity index (χ4n) is 0.968. The minimum absolute atomic E-state index is 0.0262. The van der Waals surface area contributed by atoms with Crippen molar-refractivity contribution in [1.29, 1.82) is 0 Å². The molecular weight excluding hydrogens is 152 g/mol. The second kappa shape index (κ2) is 2.98. The lowest BCUT2D eigenvalue weighted by Gasteiger charge is -2.07. The molecule has 4 heteroatoms. The van der Waals surface area contributed by atoms with Crippen LogP contribution in [0, 0.1) is 5.41 Å². The zero-order chi connectivity index (χ0) is 7.61. The summed E-state index contributed by atoms with van der Waals surface area (Å²) in [5, 5.41) is 8.79. The van der Waals surface area contributed by atoms with Crippen LogP contribution < -0.4 is 0 Å². The number of aliphatic hydroxyl groups is 1. The van der Waals surface area contributed by atoms with Crippen LogP contribution in [-0.2, 0) is 11.1 Å². The molecule has 60 valence electrons. The van der Waals surface area contributed by atoms with Crippen LogP contribution in [0.1, 0.15) is 19.3 Å². The van der Waals surface area contributed by atoms with Gasteiger partial charge in [0, 0.05) is 12.4 Å². The predicted molar refractivity (Wildman–Crippen MR) is 39.0 cm³/mol. The molecule has 0 radical (unpaired) electrons. The zero-order valence-corrected chi connectivity index (χ0v) is 6.56. The number of aliphatic hydroxyl groups excluding tert-OH is 1. The predicted octanol–water partition coefficient (Wildman–Crippen LogP) is 0.371. The fraction of sp³-hybridized carbons (Fsp3) is 1.00. The Morgan fingerprint density at radius 2 is 2.10 bits per heavy atom. The summed E-state index contributed by atoms with van der Waals surface area (Å²) in [6.45, 7) is 0.171. The molecule has 0 heterocycles. The maximum Gasteiger partial charge on any atom is 0.152 e. The largest absolute Gasteiger partial charge is 0.396 e. The van der Waals surface area contributed by atoms with Gasteiger partial charge in [-0.1, -0.05) is 0 Å². The van der Waals surface area contributed by atoms with Gasteiger partial charge < -0.3 is 9.66 Å². The van der Waals surface area contributed by atoms with E-state index in [4.69, 9.17) is 9.66 Å². The summed E-state index contributed by atoms with van der Waals surface area (Å²) in [5.41, 5.74) is 0.0262. The van der Waals surface area contributed by atoms with Crippen LogP contribution >= 0.6 is 0 Å². The highest BCUT2D eigenvalue weighted by Crippen LogP contribution is 2.48. The first-order valence-electron chi connectivity index (χ1n) is 3.37. The normalized spacial score (nSPS) is 24.2. The minimum atomic E-state index is -1.68. The van der Waals surface area contributed by atoms with Crippen molar-refractivity contribution in [2.75, 3.05) is 12.4 Å². The van der Waals surface area contributed by atoms with Gasteiger partial charge in [0.25, 0.3) is 0 Å². The van der Waals surface area contributed by atoms with Crippen LogP contribution in [0.4, 0.5) is 0 Å². The Kier molecular flexibility index (Phi) is 2.44. The van der Waals surface area contributed by atoms with Gasteiger partial charge in [0.05, 0.1) is 0 Å². The second-order valence-corrected chi connectivity index (χ2v) is 3.98. The van der Waals surface area contributed by atoms with Crippen LogP contribution in [0.5, 0.6) is 0 Å². The lowest BCUT2D eigenvalue weighted by atomic mass is 10.1. The lowest BCUT2D eigenvalue weighted by molar-refractivity contribution is 0.208. The SMILES string of the molecule is O=S(O)CCC1(CO)CC1. The highest BCUT2D eigenvalue weighted by Gasteiger charge is 2.41. The van der Waals surface area contributed by atoms with E-state index in [0.717, 1.165) is 12.8 Å². The molecule has 1 fully saturated rings. The van der Waals surface area contributed by atoms with Crippen molar-refractivity contribution < 1.29 is 13.9 Å². The Morgan fingerprint density at radius 3 is 2.40 bits per heavy atom. The van der Waals surface area contributed by atoms with E-state index in [9.17, 15) is 4.21 Å². The third-order valence-corrected chi connectivity index (χ3v) is 2.65. The van der Waals surface area contributed by atoms with Crippen LogP contribution in [-0.4, -0.2) is 26.2 Å². The van der Waals surface area contributed by atoms with Gasteiger partial charge in [-0.05, 0) is 24.7 Å². The summed E-state index contributed by atoms with van der Waals surface area (Å²) in [5.74, 6) is 0.306. The summed E-state index contributed by atoms with van der Waals surface area (Å²) in [7, 11) is 0. The topological polar surface area (TPSA) is 57.5 Å². The molecule has 1 aliphatic carbocycles. The van der Waals surface area contributed by atoms with Crippen molar-refractivity contribution in [3.8, 4) is 0 Å². The van der Waals surface area contributed by atoms with E-state index in [2.05, 4.69) is 0 Å². The van der Waals surface area contributed by atoms with Crippen molar-refractivity contribution in [3.05, 3.63) is 0 Å². The maximum absolute atomic E-state index is 10.2. The van der Waals surface area contributed by atoms with E-state index in [1.807, 2.05) is 0 Å². The summed E-state index contributed by atoms with van der Waals surface area (Å²) in [4.78, 5) is 0. The van der Waals surface area contributed by atoms with E-state index >= 15 is 0 Å². The van der Waals surface area contributed by atoms with Gasteiger partial charge in [-0.15, -0.1) is 0 Å². The molecule has 1 aliphatic rings. The molecule has 10 heavy (non-hydrogen) atoms. The molecule has 0 bridgehead atoms. The van der Waals surface area contributed by atoms with Crippen LogP contribution in [0.15, 0.2) is 0 Å². The highest BCUT2D eigenvalue weighted by atomic mass is 32.2. The first kappa shape index (κ1) is 8.17. The Hall–Kier alpha value is 0.0700. The molecule has 0 saturated heterocycles. The Bertz CT molecular complexity index is 142. The van der Waals surface area contributed by atoms with Crippen LogP contribution in [0.25, 0.3) is 0 Å². The Balaban J connectivity index is 2.19. The van der Waals surface area contributed by atoms with Gasteiger partial charge in [-0.2, -0.15) is 0 Å². The average molecular weight is 164 g/mol. The monoisotopic (exact) mass is 164 g/mol. The van der Waals surface area contributed by atoms with Crippen molar-refractivity contribution in [3.63, 3.8) is 0 Å². The average Bonchev–Trinajstić information content (AvgIpc) is 2.64. The van der Waals surface area contributed by atoms with Crippen molar-refractivity contribution >= 4 is 11.1 Å². The zero-order valence-electron chi connectivity index (χ0n) is 5.75. The third kappa shape index (κ3) is 2.04. The lowest BCUT2D eigenvalue weighted by Crippen LogP contribution is -2.10. The quantitative estimate of drug-likeness (QED) is 0.590. The summed E-state index contributed by atoms with van der Waals surface area (Å²) >= 11 is -1.68. The Labute approximate surface area is 62.7 Å². The molecule has 0 aliphatic heterocycles. The highest BCUT2D eigenvalue weighted by molar-refractivity contribution is 7.79. The van der Waals surface area contributed by atoms with E-state index in [0.29, 0.717) is 12.2 Å². The van der Waals surface area contributed by atoms with Gasteiger partial charge in [0.1, 0.15) is 0 Å². The molecule has 1 atom stereocenters. The molecule has 0 aromatic carbocycles. The van der Waals surface area contributed by atoms with Crippen molar-refractivity contribution in [2.24, 2.45) is 5.41 Å². The number of hydrogen-bond donors (Lipinski definition) is 2. The summed E-state index contributed by atoms with van der Waals surface area (Å²) in [6, 6.07) is 0. The molecule has 1 rings (SSSR count). The first-order chi connectivity index (χ1) is 4.68. The molecule has 2 N–H and O–H groups in total.